The van der Waals surface area contributed by atoms with Gasteiger partial charge < -0.3 is 14.7 Å². The minimum atomic E-state index is -0.301. The highest BCUT2D eigenvalue weighted by Crippen LogP contribution is 2.23. The molecule has 1 aromatic rings. The number of halogens is 1. The zero-order valence-corrected chi connectivity index (χ0v) is 10.0. The average Bonchev–Trinajstić information content (AvgIpc) is 2.38. The summed E-state index contributed by atoms with van der Waals surface area (Å²) in [7, 11) is 1.96. The molecule has 3 nitrogen and oxygen atoms in total. The number of hydrogen-bond acceptors (Lipinski definition) is 3. The topological polar surface area (TPSA) is 32.7 Å². The van der Waals surface area contributed by atoms with Crippen molar-refractivity contribution in [1.82, 2.24) is 0 Å². The van der Waals surface area contributed by atoms with Crippen molar-refractivity contribution in [3.63, 3.8) is 0 Å². The van der Waals surface area contributed by atoms with Crippen LogP contribution in [-0.2, 0) is 11.3 Å². The van der Waals surface area contributed by atoms with Crippen LogP contribution in [0, 0.1) is 5.82 Å². The van der Waals surface area contributed by atoms with Crippen LogP contribution < -0.4 is 4.90 Å². The SMILES string of the molecule is CN(c1cc(F)cc(CO)c1)C1CCOCC1. The lowest BCUT2D eigenvalue weighted by Gasteiger charge is -2.33. The van der Waals surface area contributed by atoms with Crippen LogP contribution >= 0.6 is 0 Å². The quantitative estimate of drug-likeness (QED) is 0.875. The molecule has 1 N–H and O–H groups in total. The van der Waals surface area contributed by atoms with Crippen LogP contribution in [0.1, 0.15) is 18.4 Å². The summed E-state index contributed by atoms with van der Waals surface area (Å²) in [6, 6.07) is 5.09. The Morgan fingerprint density at radius 2 is 2.06 bits per heavy atom. The van der Waals surface area contributed by atoms with E-state index in [1.807, 2.05) is 13.1 Å². The van der Waals surface area contributed by atoms with Crippen molar-refractivity contribution >= 4 is 5.69 Å². The second kappa shape index (κ2) is 5.47. The molecule has 1 aliphatic rings. The smallest absolute Gasteiger partial charge is 0.125 e. The second-order valence-electron chi connectivity index (χ2n) is 4.43. The highest BCUT2D eigenvalue weighted by Gasteiger charge is 2.19. The van der Waals surface area contributed by atoms with E-state index in [-0.39, 0.29) is 12.4 Å². The Bertz CT molecular complexity index is 378. The lowest BCUT2D eigenvalue weighted by molar-refractivity contribution is 0.0855. The molecule has 0 saturated carbocycles. The van der Waals surface area contributed by atoms with Crippen LogP contribution in [0.25, 0.3) is 0 Å². The first kappa shape index (κ1) is 12.3. The average molecular weight is 239 g/mol. The van der Waals surface area contributed by atoms with Gasteiger partial charge in [-0.3, -0.25) is 0 Å². The van der Waals surface area contributed by atoms with Crippen molar-refractivity contribution in [3.05, 3.63) is 29.6 Å². The maximum Gasteiger partial charge on any atom is 0.125 e. The van der Waals surface area contributed by atoms with E-state index in [9.17, 15) is 4.39 Å². The van der Waals surface area contributed by atoms with Gasteiger partial charge in [-0.1, -0.05) is 0 Å². The van der Waals surface area contributed by atoms with Crippen molar-refractivity contribution < 1.29 is 14.2 Å². The largest absolute Gasteiger partial charge is 0.392 e. The number of aliphatic hydroxyl groups excluding tert-OH is 1. The molecule has 0 amide bonds. The van der Waals surface area contributed by atoms with E-state index in [1.54, 1.807) is 0 Å². The summed E-state index contributed by atoms with van der Waals surface area (Å²) in [6.07, 6.45) is 1.92. The normalized spacial score (nSPS) is 17.1. The first-order chi connectivity index (χ1) is 8.20. The summed E-state index contributed by atoms with van der Waals surface area (Å²) < 4.78 is 18.7. The van der Waals surface area contributed by atoms with Crippen molar-refractivity contribution in [2.75, 3.05) is 25.2 Å². The van der Waals surface area contributed by atoms with Gasteiger partial charge in [-0.05, 0) is 36.6 Å². The predicted molar refractivity (Wildman–Crippen MR) is 64.6 cm³/mol. The number of rotatable bonds is 3. The Morgan fingerprint density at radius 3 is 2.71 bits per heavy atom. The monoisotopic (exact) mass is 239 g/mol. The van der Waals surface area contributed by atoms with Crippen LogP contribution in [-0.4, -0.2) is 31.4 Å². The number of hydrogen-bond donors (Lipinski definition) is 1. The van der Waals surface area contributed by atoms with Gasteiger partial charge in [0.15, 0.2) is 0 Å². The van der Waals surface area contributed by atoms with Crippen molar-refractivity contribution in [3.8, 4) is 0 Å². The zero-order valence-electron chi connectivity index (χ0n) is 10.0. The van der Waals surface area contributed by atoms with Gasteiger partial charge in [-0.25, -0.2) is 4.39 Å². The summed E-state index contributed by atoms with van der Waals surface area (Å²) in [5.74, 6) is -0.301. The zero-order chi connectivity index (χ0) is 12.3. The molecule has 1 heterocycles. The molecule has 0 aromatic heterocycles. The summed E-state index contributed by atoms with van der Waals surface area (Å²) in [5, 5.41) is 9.07. The fourth-order valence-electron chi connectivity index (χ4n) is 2.21. The molecule has 17 heavy (non-hydrogen) atoms. The fraction of sp³-hybridized carbons (Fsp3) is 0.538. The van der Waals surface area contributed by atoms with Gasteiger partial charge in [0.25, 0.3) is 0 Å². The molecule has 2 rings (SSSR count). The molecule has 0 radical (unpaired) electrons. The maximum atomic E-state index is 13.4. The van der Waals surface area contributed by atoms with E-state index in [1.165, 1.54) is 12.1 Å². The van der Waals surface area contributed by atoms with E-state index in [4.69, 9.17) is 9.84 Å². The van der Waals surface area contributed by atoms with Gasteiger partial charge in [-0.2, -0.15) is 0 Å². The van der Waals surface area contributed by atoms with E-state index >= 15 is 0 Å². The van der Waals surface area contributed by atoms with Crippen LogP contribution in [0.4, 0.5) is 10.1 Å². The molecular weight excluding hydrogens is 221 g/mol. The molecule has 0 spiro atoms. The predicted octanol–water partition coefficient (Wildman–Crippen LogP) is 1.93. The van der Waals surface area contributed by atoms with Crippen LogP contribution in [0.2, 0.25) is 0 Å². The van der Waals surface area contributed by atoms with E-state index < -0.39 is 0 Å². The van der Waals surface area contributed by atoms with Crippen molar-refractivity contribution in [2.24, 2.45) is 0 Å². The summed E-state index contributed by atoms with van der Waals surface area (Å²) >= 11 is 0. The molecule has 1 saturated heterocycles. The van der Waals surface area contributed by atoms with Gasteiger partial charge in [0, 0.05) is 32.0 Å². The number of aliphatic hydroxyl groups is 1. The minimum absolute atomic E-state index is 0.133. The molecular formula is C13H18FNO2. The third kappa shape index (κ3) is 2.96. The van der Waals surface area contributed by atoms with E-state index in [2.05, 4.69) is 4.90 Å². The van der Waals surface area contributed by atoms with Crippen LogP contribution in [0.5, 0.6) is 0 Å². The number of ether oxygens (including phenoxy) is 1. The molecule has 4 heteroatoms. The Labute approximate surface area is 101 Å². The summed E-state index contributed by atoms with van der Waals surface area (Å²) in [5.41, 5.74) is 1.43. The first-order valence-electron chi connectivity index (χ1n) is 5.91. The molecule has 1 fully saturated rings. The number of nitrogens with zero attached hydrogens (tertiary/aromatic N) is 1. The van der Waals surface area contributed by atoms with Crippen molar-refractivity contribution in [2.45, 2.75) is 25.5 Å². The Hall–Kier alpha value is -1.13. The van der Waals surface area contributed by atoms with Crippen LogP contribution in [0.15, 0.2) is 18.2 Å². The standard InChI is InChI=1S/C13H18FNO2/c1-15(12-2-4-17-5-3-12)13-7-10(9-16)6-11(14)8-13/h6-8,12,16H,2-5,9H2,1H3. The molecule has 1 aliphatic heterocycles. The van der Waals surface area contributed by atoms with E-state index in [0.29, 0.717) is 11.6 Å². The van der Waals surface area contributed by atoms with E-state index in [0.717, 1.165) is 31.7 Å². The van der Waals surface area contributed by atoms with Crippen LogP contribution in [0.3, 0.4) is 0 Å². The number of anilines is 1. The minimum Gasteiger partial charge on any atom is -0.392 e. The third-order valence-electron chi connectivity index (χ3n) is 3.27. The highest BCUT2D eigenvalue weighted by atomic mass is 19.1. The Balaban J connectivity index is 2.17. The third-order valence-corrected chi connectivity index (χ3v) is 3.27. The van der Waals surface area contributed by atoms with Gasteiger partial charge in [0.05, 0.1) is 6.61 Å². The summed E-state index contributed by atoms with van der Waals surface area (Å²) in [6.45, 7) is 1.39. The highest BCUT2D eigenvalue weighted by molar-refractivity contribution is 5.49. The Kier molecular flexibility index (Phi) is 3.97. The fourth-order valence-corrected chi connectivity index (χ4v) is 2.21. The molecule has 1 aromatic carbocycles. The lowest BCUT2D eigenvalue weighted by Crippen LogP contribution is -2.36. The van der Waals surface area contributed by atoms with Gasteiger partial charge >= 0.3 is 0 Å². The molecule has 0 aliphatic carbocycles. The maximum absolute atomic E-state index is 13.4. The van der Waals surface area contributed by atoms with Crippen molar-refractivity contribution in [1.29, 1.82) is 0 Å². The van der Waals surface area contributed by atoms with Gasteiger partial charge in [0.2, 0.25) is 0 Å². The molecule has 0 atom stereocenters. The molecule has 0 bridgehead atoms. The first-order valence-corrected chi connectivity index (χ1v) is 5.91. The summed E-state index contributed by atoms with van der Waals surface area (Å²) in [4.78, 5) is 2.07. The van der Waals surface area contributed by atoms with Gasteiger partial charge in [0.1, 0.15) is 5.82 Å². The second-order valence-corrected chi connectivity index (χ2v) is 4.43. The lowest BCUT2D eigenvalue weighted by atomic mass is 10.1. The molecule has 0 unspecified atom stereocenters. The number of benzene rings is 1. The Morgan fingerprint density at radius 1 is 1.35 bits per heavy atom. The molecule has 94 valence electrons. The van der Waals surface area contributed by atoms with Gasteiger partial charge in [-0.15, -0.1) is 0 Å².